The van der Waals surface area contributed by atoms with Gasteiger partial charge in [0.05, 0.1) is 23.8 Å². The highest BCUT2D eigenvalue weighted by Gasteiger charge is 2.24. The first-order valence-electron chi connectivity index (χ1n) is 12.1. The van der Waals surface area contributed by atoms with Crippen LogP contribution in [0.25, 0.3) is 10.9 Å². The van der Waals surface area contributed by atoms with E-state index >= 15 is 0 Å². The Balaban J connectivity index is 1.53. The summed E-state index contributed by atoms with van der Waals surface area (Å²) in [6.07, 6.45) is 2.81. The van der Waals surface area contributed by atoms with Crippen LogP contribution in [0.3, 0.4) is 0 Å². The summed E-state index contributed by atoms with van der Waals surface area (Å²) < 4.78 is 33.4. The van der Waals surface area contributed by atoms with Gasteiger partial charge in [0.1, 0.15) is 5.56 Å². The minimum atomic E-state index is -3.93. The molecule has 2 N–H and O–H groups in total. The van der Waals surface area contributed by atoms with E-state index in [-0.39, 0.29) is 15.8 Å². The van der Waals surface area contributed by atoms with Crippen LogP contribution in [-0.2, 0) is 21.2 Å². The normalized spacial score (nSPS) is 14.6. The monoisotopic (exact) mass is 512 g/mol. The highest BCUT2D eigenvalue weighted by atomic mass is 32.2. The Labute approximate surface area is 211 Å². The number of sulfonamides is 1. The number of aryl methyl sites for hydroxylation is 1. The third-order valence-electron chi connectivity index (χ3n) is 6.51. The second kappa shape index (κ2) is 11.2. The van der Waals surface area contributed by atoms with Gasteiger partial charge in [0, 0.05) is 43.8 Å². The molecule has 0 atom stereocenters. The first-order chi connectivity index (χ1) is 17.3. The fourth-order valence-electron chi connectivity index (χ4n) is 4.36. The van der Waals surface area contributed by atoms with Gasteiger partial charge in [0.2, 0.25) is 5.43 Å². The van der Waals surface area contributed by atoms with Crippen LogP contribution in [0, 0.1) is 0 Å². The molecule has 9 nitrogen and oxygen atoms in total. The van der Waals surface area contributed by atoms with Gasteiger partial charge in [-0.25, -0.2) is 8.42 Å². The van der Waals surface area contributed by atoms with Gasteiger partial charge in [-0.3, -0.25) is 18.8 Å². The maximum atomic E-state index is 13.4. The highest BCUT2D eigenvalue weighted by Crippen LogP contribution is 2.27. The molecule has 10 heteroatoms. The number of rotatable bonds is 9. The van der Waals surface area contributed by atoms with Gasteiger partial charge in [0.15, 0.2) is 0 Å². The number of hydrogen-bond donors (Lipinski definition) is 2. The first kappa shape index (κ1) is 25.9. The van der Waals surface area contributed by atoms with Crippen LogP contribution < -0.4 is 15.1 Å². The van der Waals surface area contributed by atoms with E-state index in [2.05, 4.69) is 15.2 Å². The molecule has 0 spiro atoms. The molecule has 0 bridgehead atoms. The Hall–Kier alpha value is -3.21. The maximum absolute atomic E-state index is 13.4. The van der Waals surface area contributed by atoms with Crippen LogP contribution in [-0.4, -0.2) is 70.6 Å². The van der Waals surface area contributed by atoms with E-state index in [0.717, 1.165) is 44.8 Å². The molecule has 1 saturated heterocycles. The Morgan fingerprint density at radius 1 is 1.17 bits per heavy atom. The molecule has 0 saturated carbocycles. The van der Waals surface area contributed by atoms with Gasteiger partial charge in [0.25, 0.3) is 15.9 Å². The number of anilines is 1. The van der Waals surface area contributed by atoms with E-state index in [1.165, 1.54) is 29.7 Å². The minimum absolute atomic E-state index is 0.0167. The number of aromatic amines is 1. The highest BCUT2D eigenvalue weighted by molar-refractivity contribution is 7.92. The van der Waals surface area contributed by atoms with E-state index in [0.29, 0.717) is 24.2 Å². The third kappa shape index (κ3) is 5.45. The summed E-state index contributed by atoms with van der Waals surface area (Å²) in [5.74, 6) is -0.484. The molecule has 192 valence electrons. The van der Waals surface area contributed by atoms with Crippen LogP contribution >= 0.6 is 0 Å². The molecular formula is C26H32N4O5S. The van der Waals surface area contributed by atoms with Crippen LogP contribution in [0.5, 0.6) is 0 Å². The van der Waals surface area contributed by atoms with Crippen molar-refractivity contribution in [2.24, 2.45) is 0 Å². The van der Waals surface area contributed by atoms with Gasteiger partial charge in [-0.2, -0.15) is 0 Å². The molecule has 3 aromatic rings. The molecule has 1 aliphatic heterocycles. The molecule has 4 rings (SSSR count). The number of carbonyl (C=O) groups excluding carboxylic acids is 1. The molecule has 36 heavy (non-hydrogen) atoms. The number of pyridine rings is 1. The average Bonchev–Trinajstić information content (AvgIpc) is 2.91. The quantitative estimate of drug-likeness (QED) is 0.426. The zero-order chi connectivity index (χ0) is 25.7. The average molecular weight is 513 g/mol. The standard InChI is InChI=1S/C26H32N4O5S/c1-3-19-7-4-5-8-24(19)29(2)36(33,34)20-9-10-23-21(17-20)25(31)22(18-28-23)26(32)27-11-6-12-30-13-15-35-16-14-30/h4-5,7-10,17-18H,3,6,11-16H2,1-2H3,(H,27,32)(H,28,31). The number of nitrogens with one attached hydrogen (secondary N) is 2. The molecule has 1 aliphatic rings. The summed E-state index contributed by atoms with van der Waals surface area (Å²) in [6.45, 7) is 6.43. The molecule has 1 fully saturated rings. The summed E-state index contributed by atoms with van der Waals surface area (Å²) in [7, 11) is -2.43. The summed E-state index contributed by atoms with van der Waals surface area (Å²) >= 11 is 0. The molecule has 0 unspecified atom stereocenters. The topological polar surface area (TPSA) is 112 Å². The smallest absolute Gasteiger partial charge is 0.264 e. The molecule has 2 aromatic carbocycles. The number of fused-ring (bicyclic) bond motifs is 1. The number of aromatic nitrogens is 1. The lowest BCUT2D eigenvalue weighted by Crippen LogP contribution is -2.38. The summed E-state index contributed by atoms with van der Waals surface area (Å²) in [5.41, 5.74) is 1.38. The van der Waals surface area contributed by atoms with Crippen molar-refractivity contribution in [1.29, 1.82) is 0 Å². The molecule has 0 aliphatic carbocycles. The Morgan fingerprint density at radius 3 is 2.67 bits per heavy atom. The zero-order valence-electron chi connectivity index (χ0n) is 20.6. The van der Waals surface area contributed by atoms with Crippen molar-refractivity contribution in [3.05, 3.63) is 70.0 Å². The second-order valence-electron chi connectivity index (χ2n) is 8.76. The molecular weight excluding hydrogens is 480 g/mol. The summed E-state index contributed by atoms with van der Waals surface area (Å²) in [4.78, 5) is 31.1. The fraction of sp³-hybridized carbons (Fsp3) is 0.385. The fourth-order valence-corrected chi connectivity index (χ4v) is 5.62. The Morgan fingerprint density at radius 2 is 1.92 bits per heavy atom. The minimum Gasteiger partial charge on any atom is -0.379 e. The number of nitrogens with zero attached hydrogens (tertiary/aromatic N) is 2. The van der Waals surface area contributed by atoms with E-state index in [4.69, 9.17) is 4.74 Å². The third-order valence-corrected chi connectivity index (χ3v) is 8.27. The molecule has 1 aromatic heterocycles. The van der Waals surface area contributed by atoms with Crippen molar-refractivity contribution < 1.29 is 17.9 Å². The lowest BCUT2D eigenvalue weighted by Gasteiger charge is -2.26. The van der Waals surface area contributed by atoms with Gasteiger partial charge in [-0.1, -0.05) is 25.1 Å². The van der Waals surface area contributed by atoms with E-state index in [9.17, 15) is 18.0 Å². The van der Waals surface area contributed by atoms with Crippen molar-refractivity contribution in [3.8, 4) is 0 Å². The van der Waals surface area contributed by atoms with Gasteiger partial charge in [-0.15, -0.1) is 0 Å². The number of morpholine rings is 1. The predicted molar refractivity (Wildman–Crippen MR) is 140 cm³/mol. The predicted octanol–water partition coefficient (Wildman–Crippen LogP) is 2.37. The maximum Gasteiger partial charge on any atom is 0.264 e. The number of para-hydroxylation sites is 1. The van der Waals surface area contributed by atoms with Crippen LogP contribution in [0.1, 0.15) is 29.3 Å². The second-order valence-corrected chi connectivity index (χ2v) is 10.7. The number of ether oxygens (including phenoxy) is 1. The van der Waals surface area contributed by atoms with Crippen LogP contribution in [0.15, 0.2) is 58.4 Å². The van der Waals surface area contributed by atoms with E-state index in [1.807, 2.05) is 19.1 Å². The van der Waals surface area contributed by atoms with Crippen molar-refractivity contribution in [3.63, 3.8) is 0 Å². The van der Waals surface area contributed by atoms with Crippen molar-refractivity contribution in [1.82, 2.24) is 15.2 Å². The van der Waals surface area contributed by atoms with Crippen molar-refractivity contribution in [2.75, 3.05) is 50.7 Å². The summed E-state index contributed by atoms with van der Waals surface area (Å²) in [6, 6.07) is 11.6. The Bertz CT molecular complexity index is 1400. The number of carbonyl (C=O) groups is 1. The number of H-pyrrole nitrogens is 1. The molecule has 0 radical (unpaired) electrons. The van der Waals surface area contributed by atoms with E-state index < -0.39 is 21.4 Å². The first-order valence-corrected chi connectivity index (χ1v) is 13.6. The number of hydrogen-bond acceptors (Lipinski definition) is 6. The van der Waals surface area contributed by atoms with Crippen LogP contribution in [0.4, 0.5) is 5.69 Å². The largest absolute Gasteiger partial charge is 0.379 e. The van der Waals surface area contributed by atoms with Gasteiger partial charge in [-0.05, 0) is 49.2 Å². The number of amides is 1. The van der Waals surface area contributed by atoms with E-state index in [1.54, 1.807) is 18.2 Å². The Kier molecular flexibility index (Phi) is 8.07. The zero-order valence-corrected chi connectivity index (χ0v) is 21.4. The lowest BCUT2D eigenvalue weighted by molar-refractivity contribution is 0.0374. The summed E-state index contributed by atoms with van der Waals surface area (Å²) in [5, 5.41) is 2.95. The molecule has 1 amide bonds. The van der Waals surface area contributed by atoms with Crippen LogP contribution in [0.2, 0.25) is 0 Å². The SMILES string of the molecule is CCc1ccccc1N(C)S(=O)(=O)c1ccc2[nH]cc(C(=O)NCCCN3CCOCC3)c(=O)c2c1. The van der Waals surface area contributed by atoms with Crippen molar-refractivity contribution in [2.45, 2.75) is 24.7 Å². The van der Waals surface area contributed by atoms with Crippen molar-refractivity contribution >= 4 is 32.5 Å². The molecule has 2 heterocycles. The lowest BCUT2D eigenvalue weighted by atomic mass is 10.1. The van der Waals surface area contributed by atoms with Gasteiger partial charge < -0.3 is 15.0 Å². The number of benzene rings is 2. The van der Waals surface area contributed by atoms with Gasteiger partial charge >= 0.3 is 0 Å².